The molecule has 0 aliphatic carbocycles. The van der Waals surface area contributed by atoms with Crippen LogP contribution in [0.1, 0.15) is 0 Å². The lowest BCUT2D eigenvalue weighted by Crippen LogP contribution is -2.12. The van der Waals surface area contributed by atoms with Gasteiger partial charge in [0.15, 0.2) is 10.6 Å². The lowest BCUT2D eigenvalue weighted by molar-refractivity contribution is -0.387. The third-order valence-corrected chi connectivity index (χ3v) is 4.24. The molecule has 21 heavy (non-hydrogen) atoms. The minimum Gasteiger partial charge on any atom is -0.377 e. The monoisotopic (exact) mass is 347 g/mol. The van der Waals surface area contributed by atoms with E-state index in [1.165, 1.54) is 30.3 Å². The molecule has 6 nitrogen and oxygen atoms in total. The molecule has 0 spiro atoms. The molecule has 0 N–H and O–H groups in total. The lowest BCUT2D eigenvalue weighted by atomic mass is 10.3. The van der Waals surface area contributed by atoms with Gasteiger partial charge in [-0.15, -0.1) is 0 Å². The first-order valence-electron chi connectivity index (χ1n) is 5.44. The second-order valence-corrected chi connectivity index (χ2v) is 6.20. The van der Waals surface area contributed by atoms with E-state index in [1.54, 1.807) is 0 Å². The third kappa shape index (κ3) is 3.44. The van der Waals surface area contributed by atoms with E-state index in [0.29, 0.717) is 5.02 Å². The van der Waals surface area contributed by atoms with Crippen LogP contribution < -0.4 is 4.18 Å². The molecule has 0 saturated carbocycles. The summed E-state index contributed by atoms with van der Waals surface area (Å²) >= 11 is 11.5. The fourth-order valence-corrected chi connectivity index (χ4v) is 3.13. The van der Waals surface area contributed by atoms with Crippen LogP contribution in [0, 0.1) is 10.1 Å². The minimum absolute atomic E-state index is 0.0235. The highest BCUT2D eigenvalue weighted by Crippen LogP contribution is 2.32. The SMILES string of the molecule is O=[N+]([O-])c1ccccc1S(=O)(=O)Oc1ccc(Cl)cc1Cl. The number of rotatable bonds is 4. The summed E-state index contributed by atoms with van der Waals surface area (Å²) in [4.78, 5) is 9.51. The van der Waals surface area contributed by atoms with Crippen LogP contribution in [0.5, 0.6) is 5.75 Å². The van der Waals surface area contributed by atoms with Crippen molar-refractivity contribution in [2.45, 2.75) is 4.90 Å². The van der Waals surface area contributed by atoms with Crippen molar-refractivity contribution in [2.24, 2.45) is 0 Å². The van der Waals surface area contributed by atoms with Gasteiger partial charge in [-0.2, -0.15) is 8.42 Å². The van der Waals surface area contributed by atoms with E-state index < -0.39 is 25.6 Å². The molecule has 0 bridgehead atoms. The Hall–Kier alpha value is -1.83. The number of halogens is 2. The zero-order chi connectivity index (χ0) is 15.6. The highest BCUT2D eigenvalue weighted by atomic mass is 35.5. The van der Waals surface area contributed by atoms with Crippen LogP contribution in [0.25, 0.3) is 0 Å². The zero-order valence-corrected chi connectivity index (χ0v) is 12.5. The Balaban J connectivity index is 2.46. The van der Waals surface area contributed by atoms with Gasteiger partial charge in [-0.05, 0) is 24.3 Å². The molecular weight excluding hydrogens is 341 g/mol. The van der Waals surface area contributed by atoms with Crippen molar-refractivity contribution >= 4 is 39.0 Å². The van der Waals surface area contributed by atoms with E-state index in [-0.39, 0.29) is 10.8 Å². The summed E-state index contributed by atoms with van der Waals surface area (Å²) in [6, 6.07) is 8.80. The minimum atomic E-state index is -4.39. The van der Waals surface area contributed by atoms with Crippen molar-refractivity contribution in [3.8, 4) is 5.75 Å². The maximum atomic E-state index is 12.1. The van der Waals surface area contributed by atoms with Crippen molar-refractivity contribution in [3.63, 3.8) is 0 Å². The highest BCUT2D eigenvalue weighted by Gasteiger charge is 2.27. The Labute approximate surface area is 130 Å². The van der Waals surface area contributed by atoms with E-state index in [4.69, 9.17) is 27.4 Å². The molecule has 0 aromatic heterocycles. The van der Waals surface area contributed by atoms with Crippen molar-refractivity contribution in [2.75, 3.05) is 0 Å². The maximum Gasteiger partial charge on any atom is 0.346 e. The summed E-state index contributed by atoms with van der Waals surface area (Å²) in [5.74, 6) is -0.167. The van der Waals surface area contributed by atoms with Crippen molar-refractivity contribution < 1.29 is 17.5 Å². The Morgan fingerprint density at radius 3 is 2.38 bits per heavy atom. The highest BCUT2D eigenvalue weighted by molar-refractivity contribution is 7.87. The maximum absolute atomic E-state index is 12.1. The predicted octanol–water partition coefficient (Wildman–Crippen LogP) is 3.67. The molecule has 0 fully saturated rings. The van der Waals surface area contributed by atoms with Gasteiger partial charge in [0.1, 0.15) is 0 Å². The van der Waals surface area contributed by atoms with Gasteiger partial charge < -0.3 is 4.18 Å². The molecular formula is C12H7Cl2NO5S. The van der Waals surface area contributed by atoms with Crippen LogP contribution in [-0.2, 0) is 10.1 Å². The zero-order valence-electron chi connectivity index (χ0n) is 10.2. The largest absolute Gasteiger partial charge is 0.377 e. The smallest absolute Gasteiger partial charge is 0.346 e. The summed E-state index contributed by atoms with van der Waals surface area (Å²) in [6.45, 7) is 0. The first kappa shape index (κ1) is 15.6. The first-order chi connectivity index (χ1) is 9.81. The molecule has 0 atom stereocenters. The van der Waals surface area contributed by atoms with Gasteiger partial charge in [0, 0.05) is 11.1 Å². The number of nitrogens with zero attached hydrogens (tertiary/aromatic N) is 1. The van der Waals surface area contributed by atoms with Crippen LogP contribution >= 0.6 is 23.2 Å². The van der Waals surface area contributed by atoms with E-state index in [2.05, 4.69) is 0 Å². The molecule has 0 unspecified atom stereocenters. The lowest BCUT2D eigenvalue weighted by Gasteiger charge is -2.08. The summed E-state index contributed by atoms with van der Waals surface area (Å²) in [5, 5.41) is 11.2. The molecule has 2 aromatic rings. The van der Waals surface area contributed by atoms with Gasteiger partial charge in [0.25, 0.3) is 5.69 Å². The average Bonchev–Trinajstić information content (AvgIpc) is 2.42. The Bertz CT molecular complexity index is 807. The predicted molar refractivity (Wildman–Crippen MR) is 77.4 cm³/mol. The normalized spacial score (nSPS) is 11.1. The molecule has 110 valence electrons. The molecule has 0 amide bonds. The third-order valence-electron chi connectivity index (χ3n) is 2.42. The number of hydrogen-bond donors (Lipinski definition) is 0. The van der Waals surface area contributed by atoms with Crippen LogP contribution in [0.3, 0.4) is 0 Å². The van der Waals surface area contributed by atoms with E-state index in [1.807, 2.05) is 0 Å². The fraction of sp³-hybridized carbons (Fsp3) is 0. The number of benzene rings is 2. The summed E-state index contributed by atoms with van der Waals surface area (Å²) in [5.41, 5.74) is -0.581. The molecule has 0 aliphatic rings. The molecule has 0 aliphatic heterocycles. The molecule has 0 radical (unpaired) electrons. The molecule has 0 saturated heterocycles. The number of hydrogen-bond acceptors (Lipinski definition) is 5. The van der Waals surface area contributed by atoms with E-state index in [9.17, 15) is 18.5 Å². The molecule has 2 rings (SSSR count). The second-order valence-electron chi connectivity index (χ2n) is 3.84. The van der Waals surface area contributed by atoms with E-state index >= 15 is 0 Å². The summed E-state index contributed by atoms with van der Waals surface area (Å²) in [7, 11) is -4.39. The fourth-order valence-electron chi connectivity index (χ4n) is 1.53. The average molecular weight is 348 g/mol. The molecule has 2 aromatic carbocycles. The number of para-hydroxylation sites is 1. The topological polar surface area (TPSA) is 86.5 Å². The Morgan fingerprint density at radius 2 is 1.76 bits per heavy atom. The summed E-state index contributed by atoms with van der Waals surface area (Å²) in [6.07, 6.45) is 0. The quantitative estimate of drug-likeness (QED) is 0.478. The standard InChI is InChI=1S/C12H7Cl2NO5S/c13-8-5-6-11(9(14)7-8)20-21(18,19)12-4-2-1-3-10(12)15(16)17/h1-7H. The van der Waals surface area contributed by atoms with E-state index in [0.717, 1.165) is 12.1 Å². The van der Waals surface area contributed by atoms with Crippen LogP contribution in [0.4, 0.5) is 5.69 Å². The van der Waals surface area contributed by atoms with Gasteiger partial charge in [-0.25, -0.2) is 0 Å². The summed E-state index contributed by atoms with van der Waals surface area (Å²) < 4.78 is 29.1. The number of nitro groups is 1. The van der Waals surface area contributed by atoms with Gasteiger partial charge in [-0.3, -0.25) is 10.1 Å². The van der Waals surface area contributed by atoms with Crippen LogP contribution in [0.2, 0.25) is 10.0 Å². The van der Waals surface area contributed by atoms with Crippen LogP contribution in [-0.4, -0.2) is 13.3 Å². The van der Waals surface area contributed by atoms with Gasteiger partial charge in [0.05, 0.1) is 9.95 Å². The molecule has 9 heteroatoms. The van der Waals surface area contributed by atoms with Gasteiger partial charge in [-0.1, -0.05) is 35.3 Å². The number of nitro benzene ring substituents is 1. The first-order valence-corrected chi connectivity index (χ1v) is 7.60. The Morgan fingerprint density at radius 1 is 1.10 bits per heavy atom. The van der Waals surface area contributed by atoms with Crippen molar-refractivity contribution in [1.29, 1.82) is 0 Å². The van der Waals surface area contributed by atoms with Gasteiger partial charge >= 0.3 is 10.1 Å². The van der Waals surface area contributed by atoms with Crippen molar-refractivity contribution in [1.82, 2.24) is 0 Å². The Kier molecular flexibility index (Phi) is 4.36. The van der Waals surface area contributed by atoms with Gasteiger partial charge in [0.2, 0.25) is 0 Å². The van der Waals surface area contributed by atoms with Crippen LogP contribution in [0.15, 0.2) is 47.4 Å². The molecule has 0 heterocycles. The van der Waals surface area contributed by atoms with Crippen molar-refractivity contribution in [3.05, 3.63) is 62.6 Å². The second kappa shape index (κ2) is 5.88.